The average molecular weight is 333 g/mol. The Morgan fingerprint density at radius 1 is 1.17 bits per heavy atom. The first-order valence-corrected chi connectivity index (χ1v) is 8.29. The molecule has 0 radical (unpaired) electrons. The van der Waals surface area contributed by atoms with Gasteiger partial charge < -0.3 is 25.4 Å². The van der Waals surface area contributed by atoms with Crippen LogP contribution in [0, 0.1) is 0 Å². The van der Waals surface area contributed by atoms with E-state index in [0.717, 1.165) is 24.1 Å². The van der Waals surface area contributed by atoms with Gasteiger partial charge in [-0.3, -0.25) is 4.79 Å². The van der Waals surface area contributed by atoms with E-state index in [-0.39, 0.29) is 24.6 Å². The maximum Gasteiger partial charge on any atom is 0.319 e. The van der Waals surface area contributed by atoms with E-state index < -0.39 is 6.10 Å². The number of amides is 3. The molecule has 3 rings (SSSR count). The number of urea groups is 1. The van der Waals surface area contributed by atoms with E-state index in [2.05, 4.69) is 16.0 Å². The van der Waals surface area contributed by atoms with Crippen LogP contribution < -0.4 is 16.0 Å². The Kier molecular flexibility index (Phi) is 5.32. The van der Waals surface area contributed by atoms with Crippen molar-refractivity contribution in [2.24, 2.45) is 0 Å². The molecule has 1 aromatic rings. The largest absolute Gasteiger partial charge is 0.376 e. The number of hydrogen-bond donors (Lipinski definition) is 3. The SMILES string of the molecule is C[C@H](NC(=O)[C@H]1COCCO1)c1ccc(NC(=O)NC2CC2)cc1. The molecule has 3 N–H and O–H groups in total. The van der Waals surface area contributed by atoms with Gasteiger partial charge in [-0.25, -0.2) is 4.79 Å². The number of carbonyl (C=O) groups excluding carboxylic acids is 2. The van der Waals surface area contributed by atoms with Gasteiger partial charge in [0.25, 0.3) is 5.91 Å². The van der Waals surface area contributed by atoms with Crippen molar-refractivity contribution in [2.75, 3.05) is 25.1 Å². The third-order valence-corrected chi connectivity index (χ3v) is 4.05. The summed E-state index contributed by atoms with van der Waals surface area (Å²) in [4.78, 5) is 23.8. The minimum atomic E-state index is -0.548. The molecular weight excluding hydrogens is 310 g/mol. The van der Waals surface area contributed by atoms with Crippen molar-refractivity contribution >= 4 is 17.6 Å². The molecule has 1 saturated carbocycles. The smallest absolute Gasteiger partial charge is 0.319 e. The number of anilines is 1. The van der Waals surface area contributed by atoms with Crippen molar-refractivity contribution in [2.45, 2.75) is 38.0 Å². The minimum absolute atomic E-state index is 0.155. The summed E-state index contributed by atoms with van der Waals surface area (Å²) in [7, 11) is 0. The van der Waals surface area contributed by atoms with E-state index >= 15 is 0 Å². The second-order valence-electron chi connectivity index (χ2n) is 6.16. The second kappa shape index (κ2) is 7.63. The molecule has 1 aromatic carbocycles. The minimum Gasteiger partial charge on any atom is -0.376 e. The van der Waals surface area contributed by atoms with Crippen molar-refractivity contribution in [1.82, 2.24) is 10.6 Å². The van der Waals surface area contributed by atoms with Gasteiger partial charge in [0.05, 0.1) is 25.9 Å². The first kappa shape index (κ1) is 16.7. The number of rotatable bonds is 5. The van der Waals surface area contributed by atoms with Gasteiger partial charge in [-0.1, -0.05) is 12.1 Å². The predicted octanol–water partition coefficient (Wildman–Crippen LogP) is 1.56. The van der Waals surface area contributed by atoms with E-state index in [9.17, 15) is 9.59 Å². The molecule has 130 valence electrons. The molecule has 7 nitrogen and oxygen atoms in total. The molecule has 7 heteroatoms. The fourth-order valence-corrected chi connectivity index (χ4v) is 2.46. The number of nitrogens with one attached hydrogen (secondary N) is 3. The van der Waals surface area contributed by atoms with Crippen LogP contribution in [-0.4, -0.2) is 43.9 Å². The van der Waals surface area contributed by atoms with E-state index in [0.29, 0.717) is 19.3 Å². The summed E-state index contributed by atoms with van der Waals surface area (Å²) in [5.74, 6) is -0.173. The molecule has 1 aliphatic heterocycles. The number of ether oxygens (including phenoxy) is 2. The zero-order valence-electron chi connectivity index (χ0n) is 13.7. The lowest BCUT2D eigenvalue weighted by Crippen LogP contribution is -2.43. The van der Waals surface area contributed by atoms with Crippen molar-refractivity contribution in [3.63, 3.8) is 0 Å². The van der Waals surface area contributed by atoms with Crippen molar-refractivity contribution < 1.29 is 19.1 Å². The van der Waals surface area contributed by atoms with Gasteiger partial charge in [0.15, 0.2) is 6.10 Å². The van der Waals surface area contributed by atoms with Gasteiger partial charge in [0.2, 0.25) is 0 Å². The molecule has 0 unspecified atom stereocenters. The van der Waals surface area contributed by atoms with Crippen LogP contribution in [0.3, 0.4) is 0 Å². The summed E-state index contributed by atoms with van der Waals surface area (Å²) in [6.45, 7) is 3.17. The van der Waals surface area contributed by atoms with Gasteiger partial charge in [0, 0.05) is 11.7 Å². The van der Waals surface area contributed by atoms with Crippen LogP contribution in [0.4, 0.5) is 10.5 Å². The van der Waals surface area contributed by atoms with Gasteiger partial charge >= 0.3 is 6.03 Å². The average Bonchev–Trinajstić information content (AvgIpc) is 3.40. The van der Waals surface area contributed by atoms with Gasteiger partial charge in [0.1, 0.15) is 0 Å². The summed E-state index contributed by atoms with van der Waals surface area (Å²) < 4.78 is 10.6. The first-order chi connectivity index (χ1) is 11.6. The van der Waals surface area contributed by atoms with Crippen molar-refractivity contribution in [3.8, 4) is 0 Å². The molecule has 0 spiro atoms. The molecule has 2 atom stereocenters. The van der Waals surface area contributed by atoms with Crippen LogP contribution in [0.25, 0.3) is 0 Å². The standard InChI is InChI=1S/C17H23N3O4/c1-11(18-16(21)15-10-23-8-9-24-15)12-2-4-13(5-3-12)19-17(22)20-14-6-7-14/h2-5,11,14-15H,6-10H2,1H3,(H,18,21)(H2,19,20,22)/t11-,15+/m0/s1. The number of benzene rings is 1. The van der Waals surface area contributed by atoms with Crippen molar-refractivity contribution in [1.29, 1.82) is 0 Å². The van der Waals surface area contributed by atoms with Gasteiger partial charge in [-0.15, -0.1) is 0 Å². The highest BCUT2D eigenvalue weighted by atomic mass is 16.6. The Labute approximate surface area is 141 Å². The Morgan fingerprint density at radius 2 is 1.92 bits per heavy atom. The molecule has 24 heavy (non-hydrogen) atoms. The highest BCUT2D eigenvalue weighted by molar-refractivity contribution is 5.89. The quantitative estimate of drug-likeness (QED) is 0.763. The third-order valence-electron chi connectivity index (χ3n) is 4.05. The molecule has 0 aromatic heterocycles. The maximum absolute atomic E-state index is 12.1. The lowest BCUT2D eigenvalue weighted by atomic mass is 10.1. The fourth-order valence-electron chi connectivity index (χ4n) is 2.46. The summed E-state index contributed by atoms with van der Waals surface area (Å²) in [5.41, 5.74) is 1.67. The van der Waals surface area contributed by atoms with Gasteiger partial charge in [-0.2, -0.15) is 0 Å². The first-order valence-electron chi connectivity index (χ1n) is 8.29. The lowest BCUT2D eigenvalue weighted by Gasteiger charge is -2.24. The molecule has 2 fully saturated rings. The van der Waals surface area contributed by atoms with Crippen LogP contribution in [0.1, 0.15) is 31.4 Å². The van der Waals surface area contributed by atoms with Crippen LogP contribution in [0.2, 0.25) is 0 Å². The molecule has 0 bridgehead atoms. The molecule has 3 amide bonds. The van der Waals surface area contributed by atoms with E-state index in [1.54, 1.807) is 0 Å². The third kappa shape index (κ3) is 4.69. The molecule has 1 saturated heterocycles. The molecule has 2 aliphatic rings. The Balaban J connectivity index is 1.50. The maximum atomic E-state index is 12.1. The van der Waals surface area contributed by atoms with Crippen molar-refractivity contribution in [3.05, 3.63) is 29.8 Å². The zero-order valence-corrected chi connectivity index (χ0v) is 13.7. The summed E-state index contributed by atoms with van der Waals surface area (Å²) in [6, 6.07) is 7.41. The molecule has 1 aliphatic carbocycles. The summed E-state index contributed by atoms with van der Waals surface area (Å²) in [5, 5.41) is 8.58. The highest BCUT2D eigenvalue weighted by Crippen LogP contribution is 2.20. The Hall–Kier alpha value is -2.12. The predicted molar refractivity (Wildman–Crippen MR) is 88.7 cm³/mol. The Bertz CT molecular complexity index is 580. The van der Waals surface area contributed by atoms with Crippen LogP contribution in [0.5, 0.6) is 0 Å². The number of hydrogen-bond acceptors (Lipinski definition) is 4. The molecule has 1 heterocycles. The molecular formula is C17H23N3O4. The zero-order chi connectivity index (χ0) is 16.9. The fraction of sp³-hybridized carbons (Fsp3) is 0.529. The van der Waals surface area contributed by atoms with E-state index in [4.69, 9.17) is 9.47 Å². The van der Waals surface area contributed by atoms with E-state index in [1.165, 1.54) is 0 Å². The monoisotopic (exact) mass is 333 g/mol. The normalized spacial score (nSPS) is 21.6. The van der Waals surface area contributed by atoms with Gasteiger partial charge in [-0.05, 0) is 37.5 Å². The van der Waals surface area contributed by atoms with E-state index in [1.807, 2.05) is 31.2 Å². The Morgan fingerprint density at radius 3 is 2.54 bits per heavy atom. The lowest BCUT2D eigenvalue weighted by molar-refractivity contribution is -0.148. The van der Waals surface area contributed by atoms with Crippen LogP contribution in [0.15, 0.2) is 24.3 Å². The summed E-state index contributed by atoms with van der Waals surface area (Å²) >= 11 is 0. The number of carbonyl (C=O) groups is 2. The topological polar surface area (TPSA) is 88.7 Å². The highest BCUT2D eigenvalue weighted by Gasteiger charge is 2.24. The van der Waals surface area contributed by atoms with Crippen LogP contribution in [-0.2, 0) is 14.3 Å². The van der Waals surface area contributed by atoms with Crippen LogP contribution >= 0.6 is 0 Å². The summed E-state index contributed by atoms with van der Waals surface area (Å²) in [6.07, 6.45) is 1.56. The second-order valence-corrected chi connectivity index (χ2v) is 6.16.